The van der Waals surface area contributed by atoms with Crippen LogP contribution in [0.25, 0.3) is 0 Å². The minimum atomic E-state index is 0.199. The van der Waals surface area contributed by atoms with E-state index in [0.717, 1.165) is 48.2 Å². The van der Waals surface area contributed by atoms with E-state index < -0.39 is 0 Å². The Labute approximate surface area is 135 Å². The normalized spacial score (nSPS) is 26.1. The summed E-state index contributed by atoms with van der Waals surface area (Å²) in [6, 6.07) is 5.93. The van der Waals surface area contributed by atoms with Crippen LogP contribution in [0.15, 0.2) is 22.7 Å². The Morgan fingerprint density at radius 3 is 2.86 bits per heavy atom. The van der Waals surface area contributed by atoms with Gasteiger partial charge >= 0.3 is 0 Å². The average Bonchev–Trinajstić information content (AvgIpc) is 2.47. The highest BCUT2D eigenvalue weighted by atomic mass is 79.9. The maximum absolute atomic E-state index is 12.8. The zero-order valence-corrected chi connectivity index (χ0v) is 14.2. The number of likely N-dealkylation sites (tertiary alicyclic amines) is 1. The molecule has 4 heteroatoms. The molecule has 1 amide bonds. The molecule has 1 atom stereocenters. The highest BCUT2D eigenvalue weighted by Gasteiger charge is 2.38. The van der Waals surface area contributed by atoms with Gasteiger partial charge in [0.15, 0.2) is 0 Å². The summed E-state index contributed by atoms with van der Waals surface area (Å²) in [4.78, 5) is 14.9. The van der Waals surface area contributed by atoms with Crippen LogP contribution >= 0.6 is 15.9 Å². The highest BCUT2D eigenvalue weighted by Crippen LogP contribution is 2.36. The number of nitrogens with one attached hydrogen (secondary N) is 1. The Balaban J connectivity index is 1.77. The number of aryl methyl sites for hydroxylation is 1. The molecule has 1 N–H and O–H groups in total. The van der Waals surface area contributed by atoms with Crippen molar-refractivity contribution in [3.05, 3.63) is 33.8 Å². The lowest BCUT2D eigenvalue weighted by molar-refractivity contribution is 0.0433. The molecule has 2 aliphatic heterocycles. The van der Waals surface area contributed by atoms with Crippen molar-refractivity contribution in [2.24, 2.45) is 5.41 Å². The second kappa shape index (κ2) is 6.09. The molecule has 2 saturated heterocycles. The fourth-order valence-corrected chi connectivity index (χ4v) is 4.27. The largest absolute Gasteiger partial charge is 0.338 e. The molecule has 0 aliphatic carbocycles. The molecule has 0 bridgehead atoms. The van der Waals surface area contributed by atoms with E-state index in [2.05, 4.69) is 26.1 Å². The van der Waals surface area contributed by atoms with Crippen LogP contribution in [-0.2, 0) is 0 Å². The molecule has 1 unspecified atom stereocenters. The third kappa shape index (κ3) is 3.16. The van der Waals surface area contributed by atoms with Crippen molar-refractivity contribution in [3.63, 3.8) is 0 Å². The minimum Gasteiger partial charge on any atom is -0.338 e. The van der Waals surface area contributed by atoms with Gasteiger partial charge in [0, 0.05) is 35.1 Å². The number of nitrogens with zero attached hydrogens (tertiary/aromatic N) is 1. The lowest BCUT2D eigenvalue weighted by Crippen LogP contribution is -2.52. The Hall–Kier alpha value is -0.870. The van der Waals surface area contributed by atoms with Crippen molar-refractivity contribution in [1.82, 2.24) is 10.2 Å². The molecule has 0 radical (unpaired) electrons. The quantitative estimate of drug-likeness (QED) is 0.842. The number of halogens is 1. The standard InChI is InChI=1S/C17H23BrN2O/c1-13-10-14(18)4-5-15(13)16(21)20-9-3-7-17(12-20)6-2-8-19-11-17/h4-5,10,19H,2-3,6-9,11-12H2,1H3. The van der Waals surface area contributed by atoms with Crippen LogP contribution in [0.3, 0.4) is 0 Å². The van der Waals surface area contributed by atoms with Crippen LogP contribution in [0.5, 0.6) is 0 Å². The third-order valence-electron chi connectivity index (χ3n) is 4.93. The summed E-state index contributed by atoms with van der Waals surface area (Å²) < 4.78 is 1.03. The van der Waals surface area contributed by atoms with Gasteiger partial charge in [-0.25, -0.2) is 0 Å². The molecular weight excluding hydrogens is 328 g/mol. The van der Waals surface area contributed by atoms with E-state index in [1.165, 1.54) is 19.3 Å². The number of piperidine rings is 2. The topological polar surface area (TPSA) is 32.3 Å². The third-order valence-corrected chi connectivity index (χ3v) is 5.42. The van der Waals surface area contributed by atoms with Gasteiger partial charge in [0.25, 0.3) is 5.91 Å². The van der Waals surface area contributed by atoms with Crippen molar-refractivity contribution in [1.29, 1.82) is 0 Å². The van der Waals surface area contributed by atoms with E-state index >= 15 is 0 Å². The van der Waals surface area contributed by atoms with E-state index in [4.69, 9.17) is 0 Å². The molecule has 1 aromatic carbocycles. The molecule has 3 rings (SSSR count). The van der Waals surface area contributed by atoms with Crippen LogP contribution in [0.1, 0.15) is 41.6 Å². The maximum Gasteiger partial charge on any atom is 0.254 e. The monoisotopic (exact) mass is 350 g/mol. The molecule has 0 aromatic heterocycles. The number of carbonyl (C=O) groups excluding carboxylic acids is 1. The van der Waals surface area contributed by atoms with Gasteiger partial charge < -0.3 is 10.2 Å². The van der Waals surface area contributed by atoms with Gasteiger partial charge in [-0.05, 0) is 62.9 Å². The van der Waals surface area contributed by atoms with Gasteiger partial charge in [-0.2, -0.15) is 0 Å². The molecule has 1 spiro atoms. The van der Waals surface area contributed by atoms with Gasteiger partial charge in [0.1, 0.15) is 0 Å². The van der Waals surface area contributed by atoms with Gasteiger partial charge in [0.2, 0.25) is 0 Å². The first kappa shape index (κ1) is 15.0. The summed E-state index contributed by atoms with van der Waals surface area (Å²) in [6.45, 7) is 6.02. The van der Waals surface area contributed by atoms with E-state index in [9.17, 15) is 4.79 Å². The van der Waals surface area contributed by atoms with Crippen LogP contribution < -0.4 is 5.32 Å². The fraction of sp³-hybridized carbons (Fsp3) is 0.588. The molecule has 2 heterocycles. The van der Waals surface area contributed by atoms with Crippen LogP contribution in [0.4, 0.5) is 0 Å². The van der Waals surface area contributed by atoms with Crippen molar-refractivity contribution >= 4 is 21.8 Å². The lowest BCUT2D eigenvalue weighted by atomic mass is 9.74. The average molecular weight is 351 g/mol. The first-order valence-corrected chi connectivity index (χ1v) is 8.65. The summed E-state index contributed by atoms with van der Waals surface area (Å²) in [5.74, 6) is 0.199. The number of carbonyl (C=O) groups is 1. The van der Waals surface area contributed by atoms with Crippen molar-refractivity contribution in [3.8, 4) is 0 Å². The first-order valence-electron chi connectivity index (χ1n) is 7.86. The smallest absolute Gasteiger partial charge is 0.254 e. The Kier molecular flexibility index (Phi) is 4.36. The molecule has 2 aliphatic rings. The zero-order chi connectivity index (χ0) is 14.9. The number of rotatable bonds is 1. The molecule has 2 fully saturated rings. The van der Waals surface area contributed by atoms with E-state index in [-0.39, 0.29) is 5.91 Å². The number of benzene rings is 1. The van der Waals surface area contributed by atoms with E-state index in [1.807, 2.05) is 25.1 Å². The Morgan fingerprint density at radius 1 is 1.33 bits per heavy atom. The van der Waals surface area contributed by atoms with Gasteiger partial charge in [-0.3, -0.25) is 4.79 Å². The molecule has 0 saturated carbocycles. The maximum atomic E-state index is 12.8. The molecule has 114 valence electrons. The molecule has 1 aromatic rings. The molecule has 3 nitrogen and oxygen atoms in total. The van der Waals surface area contributed by atoms with Gasteiger partial charge in [0.05, 0.1) is 0 Å². The second-order valence-corrected chi connectivity index (χ2v) is 7.49. The fourth-order valence-electron chi connectivity index (χ4n) is 3.80. The van der Waals surface area contributed by atoms with Crippen molar-refractivity contribution in [2.75, 3.05) is 26.2 Å². The lowest BCUT2D eigenvalue weighted by Gasteiger charge is -2.45. The molecular formula is C17H23BrN2O. The SMILES string of the molecule is Cc1cc(Br)ccc1C(=O)N1CCCC2(CCCNC2)C1. The van der Waals surface area contributed by atoms with Gasteiger partial charge in [-0.15, -0.1) is 0 Å². The first-order chi connectivity index (χ1) is 10.1. The Morgan fingerprint density at radius 2 is 2.14 bits per heavy atom. The number of amides is 1. The summed E-state index contributed by atoms with van der Waals surface area (Å²) in [6.07, 6.45) is 4.87. The summed E-state index contributed by atoms with van der Waals surface area (Å²) in [5, 5.41) is 3.52. The Bertz CT molecular complexity index is 532. The van der Waals surface area contributed by atoms with Gasteiger partial charge in [-0.1, -0.05) is 15.9 Å². The molecule has 21 heavy (non-hydrogen) atoms. The number of hydrogen-bond donors (Lipinski definition) is 1. The van der Waals surface area contributed by atoms with E-state index in [1.54, 1.807) is 0 Å². The summed E-state index contributed by atoms with van der Waals surface area (Å²) >= 11 is 3.47. The minimum absolute atomic E-state index is 0.199. The number of hydrogen-bond acceptors (Lipinski definition) is 2. The summed E-state index contributed by atoms with van der Waals surface area (Å²) in [5.41, 5.74) is 2.21. The van der Waals surface area contributed by atoms with Crippen LogP contribution in [0.2, 0.25) is 0 Å². The summed E-state index contributed by atoms with van der Waals surface area (Å²) in [7, 11) is 0. The van der Waals surface area contributed by atoms with E-state index in [0.29, 0.717) is 5.41 Å². The van der Waals surface area contributed by atoms with Crippen molar-refractivity contribution < 1.29 is 4.79 Å². The predicted octanol–water partition coefficient (Wildman–Crippen LogP) is 3.36. The second-order valence-electron chi connectivity index (χ2n) is 6.57. The van der Waals surface area contributed by atoms with Crippen LogP contribution in [0, 0.1) is 12.3 Å². The zero-order valence-electron chi connectivity index (χ0n) is 12.6. The predicted molar refractivity (Wildman–Crippen MR) is 88.6 cm³/mol. The highest BCUT2D eigenvalue weighted by molar-refractivity contribution is 9.10. The van der Waals surface area contributed by atoms with Crippen LogP contribution in [-0.4, -0.2) is 37.0 Å². The van der Waals surface area contributed by atoms with Crippen molar-refractivity contribution in [2.45, 2.75) is 32.6 Å².